The van der Waals surface area contributed by atoms with Crippen LogP contribution >= 0.6 is 0 Å². The van der Waals surface area contributed by atoms with Crippen molar-refractivity contribution < 1.29 is 19.1 Å². The van der Waals surface area contributed by atoms with E-state index in [0.29, 0.717) is 26.0 Å². The van der Waals surface area contributed by atoms with Crippen molar-refractivity contribution in [3.05, 3.63) is 71.8 Å². The van der Waals surface area contributed by atoms with Gasteiger partial charge in [-0.1, -0.05) is 74.5 Å². The van der Waals surface area contributed by atoms with Crippen molar-refractivity contribution in [2.45, 2.75) is 52.3 Å². The number of nitrogens with two attached hydrogens (primary N) is 1. The molecule has 2 aliphatic rings. The Morgan fingerprint density at radius 1 is 1.08 bits per heavy atom. The van der Waals surface area contributed by atoms with Gasteiger partial charge in [0.1, 0.15) is 11.5 Å². The molecule has 3 atom stereocenters. The first kappa shape index (κ1) is 29.0. The molecule has 2 aliphatic heterocycles. The first-order valence-corrected chi connectivity index (χ1v) is 13.2. The Kier molecular flexibility index (Phi) is 10.2. The molecule has 1 saturated heterocycles. The van der Waals surface area contributed by atoms with Crippen LogP contribution in [0.2, 0.25) is 0 Å². The van der Waals surface area contributed by atoms with Crippen LogP contribution in [0.3, 0.4) is 0 Å². The maximum absolute atomic E-state index is 13.7. The number of benzene rings is 2. The second-order valence-electron chi connectivity index (χ2n) is 9.48. The fourth-order valence-corrected chi connectivity index (χ4v) is 4.78. The lowest BCUT2D eigenvalue weighted by atomic mass is 9.73. The van der Waals surface area contributed by atoms with Crippen LogP contribution in [0, 0.1) is 5.41 Å². The number of rotatable bonds is 9. The van der Waals surface area contributed by atoms with Crippen LogP contribution in [0.15, 0.2) is 65.8 Å². The molecule has 0 aromatic heterocycles. The second-order valence-corrected chi connectivity index (χ2v) is 9.48. The summed E-state index contributed by atoms with van der Waals surface area (Å²) in [5.41, 5.74) is 7.57. The van der Waals surface area contributed by atoms with E-state index in [1.54, 1.807) is 18.9 Å². The zero-order valence-electron chi connectivity index (χ0n) is 22.7. The largest absolute Gasteiger partial charge is 0.374 e. The fourth-order valence-electron chi connectivity index (χ4n) is 4.78. The molecule has 4 rings (SSSR count). The SMILES string of the molecule is CC.CC(N)C(=O)NC(COCc1ccccc1)C(=O)N1CCC2=NN(C)C(=O)C2(Cc2ccccc2)C1. The monoisotopic (exact) mass is 521 g/mol. The Morgan fingerprint density at radius 3 is 2.29 bits per heavy atom. The first-order chi connectivity index (χ1) is 18.3. The summed E-state index contributed by atoms with van der Waals surface area (Å²) in [6, 6.07) is 17.6. The lowest BCUT2D eigenvalue weighted by molar-refractivity contribution is -0.143. The predicted octanol–water partition coefficient (Wildman–Crippen LogP) is 2.35. The van der Waals surface area contributed by atoms with E-state index in [1.165, 1.54) is 5.01 Å². The van der Waals surface area contributed by atoms with Gasteiger partial charge in [-0.2, -0.15) is 5.10 Å². The Labute approximate surface area is 225 Å². The number of amides is 3. The highest BCUT2D eigenvalue weighted by molar-refractivity contribution is 6.13. The van der Waals surface area contributed by atoms with E-state index in [-0.39, 0.29) is 25.0 Å². The van der Waals surface area contributed by atoms with Gasteiger partial charge in [0.05, 0.1) is 25.0 Å². The van der Waals surface area contributed by atoms with Crippen LogP contribution in [-0.4, -0.2) is 72.2 Å². The molecule has 3 amide bonds. The molecule has 2 aromatic rings. The van der Waals surface area contributed by atoms with Crippen molar-refractivity contribution in [2.75, 3.05) is 26.7 Å². The molecule has 204 valence electrons. The number of hydrogen-bond donors (Lipinski definition) is 2. The number of nitrogens with zero attached hydrogens (tertiary/aromatic N) is 3. The molecule has 3 N–H and O–H groups in total. The quantitative estimate of drug-likeness (QED) is 0.525. The summed E-state index contributed by atoms with van der Waals surface area (Å²) in [7, 11) is 1.65. The number of hydrazone groups is 1. The number of piperidine rings is 1. The van der Waals surface area contributed by atoms with Crippen LogP contribution in [0.25, 0.3) is 0 Å². The summed E-state index contributed by atoms with van der Waals surface area (Å²) in [6.07, 6.45) is 0.925. The van der Waals surface area contributed by atoms with E-state index in [9.17, 15) is 14.4 Å². The van der Waals surface area contributed by atoms with Crippen molar-refractivity contribution >= 4 is 23.4 Å². The van der Waals surface area contributed by atoms with E-state index in [0.717, 1.165) is 16.8 Å². The molecule has 0 radical (unpaired) electrons. The van der Waals surface area contributed by atoms with E-state index >= 15 is 0 Å². The smallest absolute Gasteiger partial charge is 0.256 e. The number of carbonyl (C=O) groups is 3. The third kappa shape index (κ3) is 6.65. The Morgan fingerprint density at radius 2 is 1.68 bits per heavy atom. The maximum Gasteiger partial charge on any atom is 0.256 e. The molecule has 1 fully saturated rings. The molecule has 2 aromatic carbocycles. The van der Waals surface area contributed by atoms with E-state index < -0.39 is 23.4 Å². The number of ether oxygens (including phenoxy) is 1. The molecular formula is C29H39N5O4. The predicted molar refractivity (Wildman–Crippen MR) is 147 cm³/mol. The summed E-state index contributed by atoms with van der Waals surface area (Å²) in [4.78, 5) is 41.1. The Balaban J connectivity index is 0.00000195. The number of likely N-dealkylation sites (tertiary alicyclic amines) is 1. The van der Waals surface area contributed by atoms with Crippen molar-refractivity contribution in [3.63, 3.8) is 0 Å². The molecule has 3 unspecified atom stereocenters. The van der Waals surface area contributed by atoms with Crippen molar-refractivity contribution in [1.29, 1.82) is 0 Å². The molecular weight excluding hydrogens is 482 g/mol. The summed E-state index contributed by atoms with van der Waals surface area (Å²) in [6.45, 7) is 6.44. The van der Waals surface area contributed by atoms with Gasteiger partial charge in [0, 0.05) is 26.6 Å². The van der Waals surface area contributed by atoms with Gasteiger partial charge in [-0.15, -0.1) is 0 Å². The zero-order chi connectivity index (χ0) is 27.7. The number of fused-ring (bicyclic) bond motifs is 1. The van der Waals surface area contributed by atoms with Gasteiger partial charge in [-0.25, -0.2) is 5.01 Å². The van der Waals surface area contributed by atoms with Gasteiger partial charge in [0.15, 0.2) is 0 Å². The standard InChI is InChI=1S/C27H33N5O4.C2H6/c1-19(28)24(33)29-22(17-36-16-21-11-7-4-8-12-21)25(34)32-14-13-23-27(18-32,26(35)31(2)30-23)15-20-9-5-3-6-10-20;1-2/h3-12,19,22H,13-18,28H2,1-2H3,(H,29,33);1-2H3. The summed E-state index contributed by atoms with van der Waals surface area (Å²) >= 11 is 0. The van der Waals surface area contributed by atoms with Crippen molar-refractivity contribution in [3.8, 4) is 0 Å². The number of nitrogens with one attached hydrogen (secondary N) is 1. The highest BCUT2D eigenvalue weighted by atomic mass is 16.5. The van der Waals surface area contributed by atoms with Gasteiger partial charge in [0.2, 0.25) is 11.8 Å². The van der Waals surface area contributed by atoms with Gasteiger partial charge in [0.25, 0.3) is 5.91 Å². The lowest BCUT2D eigenvalue weighted by Crippen LogP contribution is -2.60. The number of hydrogen-bond acceptors (Lipinski definition) is 6. The topological polar surface area (TPSA) is 117 Å². The number of carbonyl (C=O) groups excluding carboxylic acids is 3. The maximum atomic E-state index is 13.7. The summed E-state index contributed by atoms with van der Waals surface area (Å²) in [5, 5.41) is 8.62. The van der Waals surface area contributed by atoms with Gasteiger partial charge < -0.3 is 20.7 Å². The first-order valence-electron chi connectivity index (χ1n) is 13.2. The summed E-state index contributed by atoms with van der Waals surface area (Å²) < 4.78 is 5.82. The minimum absolute atomic E-state index is 0.0107. The minimum atomic E-state index is -0.926. The minimum Gasteiger partial charge on any atom is -0.374 e. The zero-order valence-corrected chi connectivity index (χ0v) is 22.7. The Hall–Kier alpha value is -3.56. The third-order valence-corrected chi connectivity index (χ3v) is 6.69. The van der Waals surface area contributed by atoms with Crippen LogP contribution in [0.1, 0.15) is 38.3 Å². The molecule has 2 heterocycles. The van der Waals surface area contributed by atoms with E-state index in [2.05, 4.69) is 10.4 Å². The molecule has 0 aliphatic carbocycles. The highest BCUT2D eigenvalue weighted by Crippen LogP contribution is 2.38. The molecule has 9 heteroatoms. The summed E-state index contributed by atoms with van der Waals surface area (Å²) in [5.74, 6) is -0.868. The molecule has 9 nitrogen and oxygen atoms in total. The van der Waals surface area contributed by atoms with Gasteiger partial charge >= 0.3 is 0 Å². The molecule has 0 spiro atoms. The van der Waals surface area contributed by atoms with Crippen LogP contribution in [0.5, 0.6) is 0 Å². The average molecular weight is 522 g/mol. The lowest BCUT2D eigenvalue weighted by Gasteiger charge is -2.40. The van der Waals surface area contributed by atoms with Gasteiger partial charge in [-0.05, 0) is 24.5 Å². The molecule has 0 bridgehead atoms. The third-order valence-electron chi connectivity index (χ3n) is 6.69. The van der Waals surface area contributed by atoms with Crippen LogP contribution in [-0.2, 0) is 32.1 Å². The van der Waals surface area contributed by atoms with Crippen molar-refractivity contribution in [2.24, 2.45) is 16.3 Å². The van der Waals surface area contributed by atoms with Crippen LogP contribution in [0.4, 0.5) is 0 Å². The van der Waals surface area contributed by atoms with E-state index in [4.69, 9.17) is 10.5 Å². The highest BCUT2D eigenvalue weighted by Gasteiger charge is 2.53. The van der Waals surface area contributed by atoms with E-state index in [1.807, 2.05) is 74.5 Å². The van der Waals surface area contributed by atoms with Crippen LogP contribution < -0.4 is 11.1 Å². The fraction of sp³-hybridized carbons (Fsp3) is 0.448. The second kappa shape index (κ2) is 13.3. The van der Waals surface area contributed by atoms with Gasteiger partial charge in [-0.3, -0.25) is 14.4 Å². The normalized spacial score (nSPS) is 20.0. The Bertz CT molecular complexity index is 1120. The molecule has 0 saturated carbocycles. The molecule has 38 heavy (non-hydrogen) atoms. The van der Waals surface area contributed by atoms with Crippen molar-refractivity contribution in [1.82, 2.24) is 15.2 Å². The average Bonchev–Trinajstić information content (AvgIpc) is 3.18.